The van der Waals surface area contributed by atoms with Crippen molar-refractivity contribution >= 4 is 34.1 Å². The number of benzene rings is 1. The van der Waals surface area contributed by atoms with Crippen molar-refractivity contribution in [1.82, 2.24) is 14.8 Å². The molecule has 0 atom stereocenters. The number of carbonyl (C=O) groups is 1. The summed E-state index contributed by atoms with van der Waals surface area (Å²) in [6.45, 7) is 6.16. The maximum Gasteiger partial charge on any atom is 0.323 e. The van der Waals surface area contributed by atoms with Crippen molar-refractivity contribution < 1.29 is 4.79 Å². The van der Waals surface area contributed by atoms with E-state index in [4.69, 9.17) is 11.6 Å². The van der Waals surface area contributed by atoms with Crippen LogP contribution in [0.15, 0.2) is 29.6 Å². The number of aromatic nitrogens is 1. The summed E-state index contributed by atoms with van der Waals surface area (Å²) in [6.07, 6.45) is 0.970. The fourth-order valence-corrected chi connectivity index (χ4v) is 3.57. The van der Waals surface area contributed by atoms with Gasteiger partial charge in [0.25, 0.3) is 0 Å². The number of rotatable bonds is 3. The molecule has 1 saturated heterocycles. The zero-order valence-corrected chi connectivity index (χ0v) is 15.2. The summed E-state index contributed by atoms with van der Waals surface area (Å²) in [5, 5.41) is 6.25. The molecular weight excluding hydrogens is 344 g/mol. The van der Waals surface area contributed by atoms with Crippen LogP contribution in [0, 0.1) is 6.92 Å². The van der Waals surface area contributed by atoms with Crippen LogP contribution in [0.3, 0.4) is 0 Å². The van der Waals surface area contributed by atoms with Gasteiger partial charge in [-0.3, -0.25) is 10.2 Å². The minimum Gasteiger partial charge on any atom is -0.323 e. The van der Waals surface area contributed by atoms with Crippen molar-refractivity contribution in [3.63, 3.8) is 0 Å². The van der Waals surface area contributed by atoms with Gasteiger partial charge in [0.15, 0.2) is 5.13 Å². The second kappa shape index (κ2) is 7.96. The molecule has 0 bridgehead atoms. The molecule has 3 rings (SSSR count). The van der Waals surface area contributed by atoms with E-state index >= 15 is 0 Å². The summed E-state index contributed by atoms with van der Waals surface area (Å²) in [6, 6.07) is 7.90. The van der Waals surface area contributed by atoms with E-state index in [0.717, 1.165) is 49.9 Å². The molecule has 2 amide bonds. The molecule has 1 aliphatic heterocycles. The van der Waals surface area contributed by atoms with Gasteiger partial charge in [0.05, 0.1) is 5.69 Å². The number of halogens is 1. The van der Waals surface area contributed by atoms with E-state index in [1.165, 1.54) is 16.9 Å². The van der Waals surface area contributed by atoms with E-state index in [9.17, 15) is 4.79 Å². The van der Waals surface area contributed by atoms with E-state index in [1.807, 2.05) is 29.3 Å². The average molecular weight is 365 g/mol. The smallest absolute Gasteiger partial charge is 0.323 e. The normalized spacial score (nSPS) is 16.0. The maximum atomic E-state index is 12.4. The minimum atomic E-state index is -0.0577. The third-order valence-corrected chi connectivity index (χ3v) is 5.16. The second-order valence-corrected chi connectivity index (χ2v) is 7.26. The fraction of sp³-hybridized carbons (Fsp3) is 0.412. The van der Waals surface area contributed by atoms with Crippen LogP contribution < -0.4 is 5.32 Å². The van der Waals surface area contributed by atoms with Crippen molar-refractivity contribution in [1.29, 1.82) is 0 Å². The molecule has 1 aliphatic rings. The maximum absolute atomic E-state index is 12.4. The third kappa shape index (κ3) is 4.69. The molecule has 2 heterocycles. The molecule has 1 N–H and O–H groups in total. The topological polar surface area (TPSA) is 48.5 Å². The molecule has 24 heavy (non-hydrogen) atoms. The second-order valence-electron chi connectivity index (χ2n) is 5.97. The van der Waals surface area contributed by atoms with Gasteiger partial charge in [-0.05, 0) is 31.0 Å². The lowest BCUT2D eigenvalue weighted by Crippen LogP contribution is -2.38. The van der Waals surface area contributed by atoms with Crippen LogP contribution in [0.1, 0.15) is 17.7 Å². The summed E-state index contributed by atoms with van der Waals surface area (Å²) < 4.78 is 0. The molecule has 5 nitrogen and oxygen atoms in total. The Morgan fingerprint density at radius 2 is 2.04 bits per heavy atom. The van der Waals surface area contributed by atoms with E-state index in [-0.39, 0.29) is 6.03 Å². The number of amides is 2. The van der Waals surface area contributed by atoms with E-state index in [2.05, 4.69) is 27.3 Å². The lowest BCUT2D eigenvalue weighted by molar-refractivity contribution is 0.211. The van der Waals surface area contributed by atoms with Gasteiger partial charge in [-0.1, -0.05) is 23.7 Å². The monoisotopic (exact) mass is 364 g/mol. The Kier molecular flexibility index (Phi) is 5.71. The van der Waals surface area contributed by atoms with Crippen molar-refractivity contribution in [3.05, 3.63) is 45.9 Å². The highest BCUT2D eigenvalue weighted by molar-refractivity contribution is 7.13. The average Bonchev–Trinajstić information content (AvgIpc) is 2.83. The number of urea groups is 1. The summed E-state index contributed by atoms with van der Waals surface area (Å²) in [7, 11) is 0. The number of hydrogen-bond acceptors (Lipinski definition) is 4. The Morgan fingerprint density at radius 1 is 1.25 bits per heavy atom. The van der Waals surface area contributed by atoms with Gasteiger partial charge in [-0.25, -0.2) is 9.78 Å². The highest BCUT2D eigenvalue weighted by atomic mass is 35.5. The fourth-order valence-electron chi connectivity index (χ4n) is 2.76. The van der Waals surface area contributed by atoms with Crippen molar-refractivity contribution in [2.75, 3.05) is 31.5 Å². The van der Waals surface area contributed by atoms with Crippen LogP contribution in [0.5, 0.6) is 0 Å². The van der Waals surface area contributed by atoms with Crippen LogP contribution >= 0.6 is 22.9 Å². The van der Waals surface area contributed by atoms with Crippen molar-refractivity contribution in [2.45, 2.75) is 19.9 Å². The first-order valence-corrected chi connectivity index (χ1v) is 9.31. The zero-order chi connectivity index (χ0) is 16.9. The largest absolute Gasteiger partial charge is 0.323 e. The first kappa shape index (κ1) is 17.2. The first-order valence-electron chi connectivity index (χ1n) is 8.05. The summed E-state index contributed by atoms with van der Waals surface area (Å²) >= 11 is 7.39. The zero-order valence-electron chi connectivity index (χ0n) is 13.7. The summed E-state index contributed by atoms with van der Waals surface area (Å²) in [5.41, 5.74) is 2.18. The van der Waals surface area contributed by atoms with Crippen LogP contribution in [0.4, 0.5) is 9.93 Å². The molecule has 1 fully saturated rings. The Balaban J connectivity index is 1.52. The first-order chi connectivity index (χ1) is 11.6. The Hall–Kier alpha value is -1.63. The van der Waals surface area contributed by atoms with Crippen molar-refractivity contribution in [2.24, 2.45) is 0 Å². The molecule has 7 heteroatoms. The number of thiazole rings is 1. The predicted molar refractivity (Wildman–Crippen MR) is 98.8 cm³/mol. The molecule has 0 aliphatic carbocycles. The summed E-state index contributed by atoms with van der Waals surface area (Å²) in [5.74, 6) is 0. The quantitative estimate of drug-likeness (QED) is 0.900. The standard InChI is InChI=1S/C17H21ClN4OS/c1-13-12-24-16(19-13)20-17(23)22-8-2-7-21(9-10-22)11-14-3-5-15(18)6-4-14/h3-6,12H,2,7-11H2,1H3,(H,19,20,23). The number of hydrogen-bond donors (Lipinski definition) is 1. The van der Waals surface area contributed by atoms with Crippen LogP contribution in [0.25, 0.3) is 0 Å². The number of carbonyl (C=O) groups excluding carboxylic acids is 1. The number of nitrogens with one attached hydrogen (secondary N) is 1. The lowest BCUT2D eigenvalue weighted by Gasteiger charge is -2.22. The molecule has 1 aromatic heterocycles. The van der Waals surface area contributed by atoms with Gasteiger partial charge in [0.1, 0.15) is 0 Å². The lowest BCUT2D eigenvalue weighted by atomic mass is 10.2. The predicted octanol–water partition coefficient (Wildman–Crippen LogP) is 3.84. The van der Waals surface area contributed by atoms with E-state index in [0.29, 0.717) is 5.13 Å². The van der Waals surface area contributed by atoms with Crippen LogP contribution in [-0.2, 0) is 6.54 Å². The Labute approximate surface area is 151 Å². The van der Waals surface area contributed by atoms with E-state index in [1.54, 1.807) is 0 Å². The van der Waals surface area contributed by atoms with Gasteiger partial charge >= 0.3 is 6.03 Å². The molecule has 0 radical (unpaired) electrons. The molecule has 128 valence electrons. The molecular formula is C17H21ClN4OS. The molecule has 1 aromatic carbocycles. The molecule has 2 aromatic rings. The molecule has 0 saturated carbocycles. The van der Waals surface area contributed by atoms with Gasteiger partial charge in [-0.15, -0.1) is 11.3 Å². The van der Waals surface area contributed by atoms with Gasteiger partial charge in [0, 0.05) is 43.1 Å². The number of nitrogens with zero attached hydrogens (tertiary/aromatic N) is 3. The number of anilines is 1. The van der Waals surface area contributed by atoms with Gasteiger partial charge in [-0.2, -0.15) is 0 Å². The van der Waals surface area contributed by atoms with Gasteiger partial charge in [0.2, 0.25) is 0 Å². The highest BCUT2D eigenvalue weighted by Crippen LogP contribution is 2.16. The summed E-state index contributed by atoms with van der Waals surface area (Å²) in [4.78, 5) is 20.9. The van der Waals surface area contributed by atoms with Crippen LogP contribution in [-0.4, -0.2) is 47.0 Å². The minimum absolute atomic E-state index is 0.0577. The molecule has 0 unspecified atom stereocenters. The van der Waals surface area contributed by atoms with Crippen LogP contribution in [0.2, 0.25) is 5.02 Å². The Morgan fingerprint density at radius 3 is 2.75 bits per heavy atom. The van der Waals surface area contributed by atoms with Gasteiger partial charge < -0.3 is 4.90 Å². The third-order valence-electron chi connectivity index (χ3n) is 4.03. The van der Waals surface area contributed by atoms with E-state index < -0.39 is 0 Å². The number of aryl methyl sites for hydroxylation is 1. The molecule has 0 spiro atoms. The highest BCUT2D eigenvalue weighted by Gasteiger charge is 2.20. The SMILES string of the molecule is Cc1csc(NC(=O)N2CCCN(Cc3ccc(Cl)cc3)CC2)n1. The Bertz CT molecular complexity index is 688. The van der Waals surface area contributed by atoms with Crippen molar-refractivity contribution in [3.8, 4) is 0 Å².